The molecule has 1 heterocycles. The number of Topliss-reactive ketones (excluding diaryl/α,β-unsaturated/α-hetero) is 1. The van der Waals surface area contributed by atoms with Crippen LogP contribution >= 0.6 is 11.3 Å². The summed E-state index contributed by atoms with van der Waals surface area (Å²) in [6.45, 7) is 10.1. The summed E-state index contributed by atoms with van der Waals surface area (Å²) in [5.74, 6) is 0.538. The lowest BCUT2D eigenvalue weighted by Gasteiger charge is -2.10. The fraction of sp³-hybridized carbons (Fsp3) is 0.583. The Morgan fingerprint density at radius 2 is 1.80 bits per heavy atom. The number of anilines is 1. The Morgan fingerprint density at radius 1 is 1.27 bits per heavy atom. The average molecular weight is 225 g/mol. The van der Waals surface area contributed by atoms with Crippen LogP contribution in [0.25, 0.3) is 0 Å². The minimum atomic E-state index is 0.0128. The molecule has 1 aromatic heterocycles. The summed E-state index contributed by atoms with van der Waals surface area (Å²) < 4.78 is 0. The molecule has 0 aliphatic heterocycles. The van der Waals surface area contributed by atoms with Gasteiger partial charge in [-0.2, -0.15) is 0 Å². The van der Waals surface area contributed by atoms with E-state index >= 15 is 0 Å². The molecule has 0 aliphatic carbocycles. The van der Waals surface area contributed by atoms with Crippen LogP contribution in [0.1, 0.15) is 54.4 Å². The summed E-state index contributed by atoms with van der Waals surface area (Å²) in [5, 5.41) is 0.676. The summed E-state index contributed by atoms with van der Waals surface area (Å²) in [6, 6.07) is 0. The van der Waals surface area contributed by atoms with Gasteiger partial charge in [0.25, 0.3) is 0 Å². The van der Waals surface area contributed by atoms with Crippen LogP contribution < -0.4 is 5.73 Å². The van der Waals surface area contributed by atoms with Crippen molar-refractivity contribution in [2.45, 2.75) is 40.5 Å². The van der Waals surface area contributed by atoms with E-state index in [1.165, 1.54) is 16.2 Å². The van der Waals surface area contributed by atoms with Gasteiger partial charge in [-0.25, -0.2) is 0 Å². The Morgan fingerprint density at radius 3 is 2.20 bits per heavy atom. The van der Waals surface area contributed by atoms with Crippen LogP contribution in [0.2, 0.25) is 0 Å². The quantitative estimate of drug-likeness (QED) is 0.799. The Balaban J connectivity index is 3.33. The van der Waals surface area contributed by atoms with E-state index < -0.39 is 0 Å². The topological polar surface area (TPSA) is 43.1 Å². The largest absolute Gasteiger partial charge is 0.390 e. The van der Waals surface area contributed by atoms with Crippen molar-refractivity contribution < 1.29 is 4.79 Å². The zero-order valence-corrected chi connectivity index (χ0v) is 10.9. The first-order valence-corrected chi connectivity index (χ1v) is 6.10. The molecule has 84 valence electrons. The number of rotatable bonds is 3. The number of hydrogen-bond acceptors (Lipinski definition) is 3. The molecule has 0 bridgehead atoms. The Hall–Kier alpha value is -0.830. The molecule has 0 atom stereocenters. The fourth-order valence-electron chi connectivity index (χ4n) is 1.82. The molecule has 2 N–H and O–H groups in total. The van der Waals surface area contributed by atoms with Crippen molar-refractivity contribution >= 4 is 22.1 Å². The van der Waals surface area contributed by atoms with Crippen molar-refractivity contribution in [2.24, 2.45) is 5.92 Å². The van der Waals surface area contributed by atoms with Gasteiger partial charge in [0, 0.05) is 10.8 Å². The van der Waals surface area contributed by atoms with Crippen molar-refractivity contribution in [3.63, 3.8) is 0 Å². The molecule has 3 heteroatoms. The molecule has 0 saturated heterocycles. The van der Waals surface area contributed by atoms with E-state index in [0.29, 0.717) is 10.9 Å². The van der Waals surface area contributed by atoms with E-state index in [4.69, 9.17) is 5.73 Å². The van der Waals surface area contributed by atoms with Crippen molar-refractivity contribution in [1.82, 2.24) is 0 Å². The first-order valence-electron chi connectivity index (χ1n) is 5.29. The molecule has 0 spiro atoms. The summed E-state index contributed by atoms with van der Waals surface area (Å²) in [5.41, 5.74) is 7.82. The second kappa shape index (κ2) is 4.35. The molecule has 0 aliphatic rings. The molecule has 0 radical (unpaired) electrons. The van der Waals surface area contributed by atoms with Gasteiger partial charge in [-0.1, -0.05) is 27.7 Å². The first kappa shape index (κ1) is 12.2. The molecule has 0 unspecified atom stereocenters. The van der Waals surface area contributed by atoms with Gasteiger partial charge in [0.05, 0.1) is 10.6 Å². The maximum absolute atomic E-state index is 12.0. The summed E-state index contributed by atoms with van der Waals surface area (Å²) in [6.07, 6.45) is 0. The van der Waals surface area contributed by atoms with E-state index in [1.54, 1.807) is 0 Å². The summed E-state index contributed by atoms with van der Waals surface area (Å²) in [4.78, 5) is 13.2. The van der Waals surface area contributed by atoms with E-state index in [-0.39, 0.29) is 11.7 Å². The van der Waals surface area contributed by atoms with Gasteiger partial charge < -0.3 is 5.73 Å². The highest BCUT2D eigenvalue weighted by molar-refractivity contribution is 7.16. The third-order valence-corrected chi connectivity index (χ3v) is 3.46. The second-order valence-electron chi connectivity index (χ2n) is 4.48. The highest BCUT2D eigenvalue weighted by Gasteiger charge is 2.23. The Labute approximate surface area is 95.5 Å². The van der Waals surface area contributed by atoms with Crippen LogP contribution in [0.3, 0.4) is 0 Å². The van der Waals surface area contributed by atoms with Gasteiger partial charge in [-0.05, 0) is 18.4 Å². The van der Waals surface area contributed by atoms with Gasteiger partial charge in [0.15, 0.2) is 5.78 Å². The van der Waals surface area contributed by atoms with Gasteiger partial charge in [-0.3, -0.25) is 4.79 Å². The molecule has 0 fully saturated rings. The monoisotopic (exact) mass is 225 g/mol. The molecule has 0 aromatic carbocycles. The van der Waals surface area contributed by atoms with Gasteiger partial charge in [-0.15, -0.1) is 11.3 Å². The molecule has 0 amide bonds. The van der Waals surface area contributed by atoms with Crippen LogP contribution in [0, 0.1) is 12.8 Å². The zero-order valence-electron chi connectivity index (χ0n) is 10.0. The minimum absolute atomic E-state index is 0.0128. The van der Waals surface area contributed by atoms with Crippen molar-refractivity contribution in [2.75, 3.05) is 5.73 Å². The maximum Gasteiger partial charge on any atom is 0.168 e. The predicted molar refractivity (Wildman–Crippen MR) is 66.7 cm³/mol. The molecule has 2 nitrogen and oxygen atoms in total. The zero-order chi connectivity index (χ0) is 11.7. The molecule has 1 rings (SSSR count). The Kier molecular flexibility index (Phi) is 3.55. The highest BCUT2D eigenvalue weighted by Crippen LogP contribution is 2.36. The molecular formula is C12H19NOS. The number of hydrogen-bond donors (Lipinski definition) is 1. The molecule has 15 heavy (non-hydrogen) atoms. The van der Waals surface area contributed by atoms with Crippen molar-refractivity contribution in [1.29, 1.82) is 0 Å². The van der Waals surface area contributed by atoms with E-state index in [0.717, 1.165) is 11.1 Å². The smallest absolute Gasteiger partial charge is 0.168 e. The number of nitrogen functional groups attached to an aromatic ring is 1. The third kappa shape index (κ3) is 2.23. The van der Waals surface area contributed by atoms with Crippen LogP contribution in [0.15, 0.2) is 0 Å². The van der Waals surface area contributed by atoms with Gasteiger partial charge >= 0.3 is 0 Å². The Bertz CT molecular complexity index is 377. The number of aryl methyl sites for hydroxylation is 1. The van der Waals surface area contributed by atoms with Crippen LogP contribution in [0.5, 0.6) is 0 Å². The van der Waals surface area contributed by atoms with Crippen LogP contribution in [-0.4, -0.2) is 5.78 Å². The fourth-order valence-corrected chi connectivity index (χ4v) is 2.91. The van der Waals surface area contributed by atoms with Crippen molar-refractivity contribution in [3.8, 4) is 0 Å². The van der Waals surface area contributed by atoms with Gasteiger partial charge in [0.2, 0.25) is 0 Å². The predicted octanol–water partition coefficient (Wildman–Crippen LogP) is 3.60. The lowest BCUT2D eigenvalue weighted by molar-refractivity contribution is 0.0939. The number of carbonyl (C=O) groups excluding carboxylic acids is 1. The summed E-state index contributed by atoms with van der Waals surface area (Å²) in [7, 11) is 0. The van der Waals surface area contributed by atoms with Gasteiger partial charge in [0.1, 0.15) is 0 Å². The molecular weight excluding hydrogens is 206 g/mol. The first-order chi connectivity index (χ1) is 6.86. The van der Waals surface area contributed by atoms with Crippen LogP contribution in [-0.2, 0) is 0 Å². The third-order valence-electron chi connectivity index (χ3n) is 2.51. The minimum Gasteiger partial charge on any atom is -0.390 e. The van der Waals surface area contributed by atoms with E-state index in [9.17, 15) is 4.79 Å². The number of nitrogens with two attached hydrogens (primary N) is 1. The van der Waals surface area contributed by atoms with E-state index in [2.05, 4.69) is 13.8 Å². The molecule has 0 saturated carbocycles. The second-order valence-corrected chi connectivity index (χ2v) is 5.74. The average Bonchev–Trinajstić information content (AvgIpc) is 2.39. The highest BCUT2D eigenvalue weighted by atomic mass is 32.1. The molecule has 1 aromatic rings. The summed E-state index contributed by atoms with van der Waals surface area (Å²) >= 11 is 1.53. The van der Waals surface area contributed by atoms with Crippen LogP contribution in [0.4, 0.5) is 5.00 Å². The van der Waals surface area contributed by atoms with E-state index in [1.807, 2.05) is 20.8 Å². The lowest BCUT2D eigenvalue weighted by Crippen LogP contribution is -2.11. The van der Waals surface area contributed by atoms with Crippen molar-refractivity contribution in [3.05, 3.63) is 16.0 Å². The number of thiophene rings is 1. The normalized spacial score (nSPS) is 11.4. The number of ketones is 1. The lowest BCUT2D eigenvalue weighted by atomic mass is 9.92. The standard InChI is InChI=1S/C12H19NOS/c1-6(2)9-8(5)15-12(13)10(9)11(14)7(3)4/h6-7H,13H2,1-5H3. The number of carbonyl (C=O) groups is 1. The SMILES string of the molecule is Cc1sc(N)c(C(=O)C(C)C)c1C(C)C. The maximum atomic E-state index is 12.0.